The largest absolute Gasteiger partial charge is 0.381 e. The Bertz CT molecular complexity index is 218. The van der Waals surface area contributed by atoms with E-state index in [0.29, 0.717) is 10.8 Å². The lowest BCUT2D eigenvalue weighted by Crippen LogP contribution is -2.30. The van der Waals surface area contributed by atoms with Crippen molar-refractivity contribution in [1.29, 1.82) is 0 Å². The molecular formula is C12H23NO. The van der Waals surface area contributed by atoms with Crippen molar-refractivity contribution in [2.75, 3.05) is 19.8 Å². The summed E-state index contributed by atoms with van der Waals surface area (Å²) in [5, 5.41) is 0. The van der Waals surface area contributed by atoms with Crippen molar-refractivity contribution in [3.8, 4) is 0 Å². The average Bonchev–Trinajstić information content (AvgIpc) is 2.70. The van der Waals surface area contributed by atoms with E-state index >= 15 is 0 Å². The summed E-state index contributed by atoms with van der Waals surface area (Å²) in [4.78, 5) is 0. The van der Waals surface area contributed by atoms with Crippen LogP contribution in [0.1, 0.15) is 33.6 Å². The van der Waals surface area contributed by atoms with E-state index in [2.05, 4.69) is 20.8 Å². The molecule has 0 unspecified atom stereocenters. The van der Waals surface area contributed by atoms with E-state index in [1.165, 1.54) is 12.8 Å². The molecule has 2 atom stereocenters. The van der Waals surface area contributed by atoms with E-state index in [0.717, 1.165) is 31.6 Å². The van der Waals surface area contributed by atoms with Gasteiger partial charge in [0.2, 0.25) is 0 Å². The van der Waals surface area contributed by atoms with E-state index in [4.69, 9.17) is 10.5 Å². The second kappa shape index (κ2) is 3.21. The molecule has 2 N–H and O–H groups in total. The maximum Gasteiger partial charge on any atom is 0.0471 e. The molecule has 0 bridgehead atoms. The number of hydrogen-bond acceptors (Lipinski definition) is 2. The molecule has 82 valence electrons. The van der Waals surface area contributed by atoms with Crippen LogP contribution in [-0.2, 0) is 4.74 Å². The van der Waals surface area contributed by atoms with E-state index < -0.39 is 0 Å². The smallest absolute Gasteiger partial charge is 0.0471 e. The van der Waals surface area contributed by atoms with Gasteiger partial charge in [-0.15, -0.1) is 0 Å². The van der Waals surface area contributed by atoms with Gasteiger partial charge in [-0.1, -0.05) is 20.8 Å². The minimum Gasteiger partial charge on any atom is -0.381 e. The highest BCUT2D eigenvalue weighted by Crippen LogP contribution is 2.67. The molecule has 2 heteroatoms. The summed E-state index contributed by atoms with van der Waals surface area (Å²) in [6.45, 7) is 9.91. The van der Waals surface area contributed by atoms with Crippen LogP contribution < -0.4 is 5.73 Å². The van der Waals surface area contributed by atoms with E-state index in [9.17, 15) is 0 Å². The number of rotatable bonds is 2. The second-order valence-corrected chi connectivity index (χ2v) is 5.91. The first kappa shape index (κ1) is 10.4. The van der Waals surface area contributed by atoms with Crippen LogP contribution in [0.4, 0.5) is 0 Å². The third kappa shape index (κ3) is 1.40. The summed E-state index contributed by atoms with van der Waals surface area (Å²) in [6, 6.07) is 0. The third-order valence-electron chi connectivity index (χ3n) is 4.69. The van der Waals surface area contributed by atoms with E-state index in [-0.39, 0.29) is 0 Å². The fourth-order valence-corrected chi connectivity index (χ4v) is 3.72. The van der Waals surface area contributed by atoms with Gasteiger partial charge in [-0.25, -0.2) is 0 Å². The van der Waals surface area contributed by atoms with Gasteiger partial charge in [-0.05, 0) is 42.1 Å². The SMILES string of the molecule is CC1([C@H]2[C@H](CN)C2(C)C)CCOCC1. The highest BCUT2D eigenvalue weighted by Gasteiger charge is 2.63. The molecule has 2 nitrogen and oxygen atoms in total. The molecule has 0 radical (unpaired) electrons. The topological polar surface area (TPSA) is 35.2 Å². The highest BCUT2D eigenvalue weighted by molar-refractivity contribution is 5.12. The summed E-state index contributed by atoms with van der Waals surface area (Å²) in [6.07, 6.45) is 2.44. The van der Waals surface area contributed by atoms with Crippen molar-refractivity contribution in [3.63, 3.8) is 0 Å². The maximum absolute atomic E-state index is 5.83. The molecule has 2 aliphatic rings. The zero-order chi connectivity index (χ0) is 10.4. The van der Waals surface area contributed by atoms with Crippen molar-refractivity contribution in [1.82, 2.24) is 0 Å². The predicted molar refractivity (Wildman–Crippen MR) is 58.0 cm³/mol. The summed E-state index contributed by atoms with van der Waals surface area (Å²) < 4.78 is 5.45. The van der Waals surface area contributed by atoms with Crippen LogP contribution in [0.15, 0.2) is 0 Å². The Hall–Kier alpha value is -0.0800. The van der Waals surface area contributed by atoms with Gasteiger partial charge < -0.3 is 10.5 Å². The Kier molecular flexibility index (Phi) is 2.39. The quantitative estimate of drug-likeness (QED) is 0.735. The van der Waals surface area contributed by atoms with Crippen LogP contribution in [0.25, 0.3) is 0 Å². The maximum atomic E-state index is 5.83. The van der Waals surface area contributed by atoms with Crippen LogP contribution in [0.3, 0.4) is 0 Å². The highest BCUT2D eigenvalue weighted by atomic mass is 16.5. The van der Waals surface area contributed by atoms with E-state index in [1.807, 2.05) is 0 Å². The first-order valence-electron chi connectivity index (χ1n) is 5.80. The van der Waals surface area contributed by atoms with Crippen LogP contribution in [0.2, 0.25) is 0 Å². The second-order valence-electron chi connectivity index (χ2n) is 5.91. The van der Waals surface area contributed by atoms with Crippen LogP contribution in [0.5, 0.6) is 0 Å². The molecule has 0 aromatic rings. The van der Waals surface area contributed by atoms with Gasteiger partial charge in [0.05, 0.1) is 0 Å². The molecule has 0 spiro atoms. The summed E-state index contributed by atoms with van der Waals surface area (Å²) in [7, 11) is 0. The van der Waals surface area contributed by atoms with Gasteiger partial charge in [-0.2, -0.15) is 0 Å². The minimum absolute atomic E-state index is 0.473. The molecule has 1 saturated carbocycles. The first-order chi connectivity index (χ1) is 6.52. The molecule has 0 aromatic heterocycles. The fraction of sp³-hybridized carbons (Fsp3) is 1.00. The zero-order valence-electron chi connectivity index (χ0n) is 9.68. The molecule has 1 aliphatic carbocycles. The van der Waals surface area contributed by atoms with Gasteiger partial charge in [0.1, 0.15) is 0 Å². The van der Waals surface area contributed by atoms with Gasteiger partial charge in [-0.3, -0.25) is 0 Å². The van der Waals surface area contributed by atoms with Gasteiger partial charge >= 0.3 is 0 Å². The molecule has 0 aromatic carbocycles. The van der Waals surface area contributed by atoms with Crippen molar-refractivity contribution in [3.05, 3.63) is 0 Å². The lowest BCUT2D eigenvalue weighted by Gasteiger charge is -2.35. The number of nitrogens with two attached hydrogens (primary N) is 1. The van der Waals surface area contributed by atoms with Crippen LogP contribution in [0, 0.1) is 22.7 Å². The average molecular weight is 197 g/mol. The molecule has 14 heavy (non-hydrogen) atoms. The minimum atomic E-state index is 0.473. The van der Waals surface area contributed by atoms with Gasteiger partial charge in [0, 0.05) is 13.2 Å². The Morgan fingerprint density at radius 1 is 1.21 bits per heavy atom. The fourth-order valence-electron chi connectivity index (χ4n) is 3.72. The van der Waals surface area contributed by atoms with Crippen LogP contribution >= 0.6 is 0 Å². The first-order valence-corrected chi connectivity index (χ1v) is 5.80. The van der Waals surface area contributed by atoms with Crippen molar-refractivity contribution in [2.45, 2.75) is 33.6 Å². The predicted octanol–water partition coefficient (Wildman–Crippen LogP) is 2.03. The molecular weight excluding hydrogens is 174 g/mol. The Morgan fingerprint density at radius 2 is 1.79 bits per heavy atom. The van der Waals surface area contributed by atoms with E-state index in [1.54, 1.807) is 0 Å². The normalized spacial score (nSPS) is 39.4. The molecule has 2 rings (SSSR count). The molecule has 1 heterocycles. The monoisotopic (exact) mass is 197 g/mol. The third-order valence-corrected chi connectivity index (χ3v) is 4.69. The Morgan fingerprint density at radius 3 is 2.21 bits per heavy atom. The Balaban J connectivity index is 2.08. The lowest BCUT2D eigenvalue weighted by atomic mass is 9.75. The summed E-state index contributed by atoms with van der Waals surface area (Å²) in [5.41, 5.74) is 6.80. The van der Waals surface area contributed by atoms with Crippen LogP contribution in [-0.4, -0.2) is 19.8 Å². The van der Waals surface area contributed by atoms with Gasteiger partial charge in [0.15, 0.2) is 0 Å². The van der Waals surface area contributed by atoms with Gasteiger partial charge in [0.25, 0.3) is 0 Å². The number of ether oxygens (including phenoxy) is 1. The summed E-state index contributed by atoms with van der Waals surface area (Å²) in [5.74, 6) is 1.56. The zero-order valence-corrected chi connectivity index (χ0v) is 9.68. The van der Waals surface area contributed by atoms with Crippen molar-refractivity contribution < 1.29 is 4.74 Å². The molecule has 0 amide bonds. The molecule has 1 aliphatic heterocycles. The molecule has 1 saturated heterocycles. The summed E-state index contributed by atoms with van der Waals surface area (Å²) >= 11 is 0. The van der Waals surface area contributed by atoms with Crippen molar-refractivity contribution in [2.24, 2.45) is 28.4 Å². The standard InChI is InChI=1S/C12H23NO/c1-11(2)9(8-13)10(11)12(3)4-6-14-7-5-12/h9-10H,4-8,13H2,1-3H3/t9-,10-/m0/s1. The Labute approximate surface area is 87.2 Å². The molecule has 2 fully saturated rings. The van der Waals surface area contributed by atoms with Crippen molar-refractivity contribution >= 4 is 0 Å². The lowest BCUT2D eigenvalue weighted by molar-refractivity contribution is 0.00533. The number of hydrogen-bond donors (Lipinski definition) is 1.